The smallest absolute Gasteiger partial charge is 0.224 e. The summed E-state index contributed by atoms with van der Waals surface area (Å²) in [6.45, 7) is 0. The molecule has 5 heteroatoms. The Morgan fingerprint density at radius 2 is 1.59 bits per heavy atom. The van der Waals surface area contributed by atoms with Gasteiger partial charge in [-0.1, -0.05) is 61.4 Å². The van der Waals surface area contributed by atoms with E-state index in [9.17, 15) is 14.7 Å². The molecule has 1 aliphatic rings. The number of anilines is 1. The number of aliphatic carboxylic acids is 1. The first-order valence-electron chi connectivity index (χ1n) is 9.38. The average molecular weight is 383 g/mol. The molecule has 4 nitrogen and oxygen atoms in total. The fourth-order valence-corrected chi connectivity index (χ4v) is 4.76. The van der Waals surface area contributed by atoms with Gasteiger partial charge in [0.1, 0.15) is 0 Å². The van der Waals surface area contributed by atoms with E-state index >= 15 is 0 Å². The van der Waals surface area contributed by atoms with E-state index in [1.54, 1.807) is 11.8 Å². The molecule has 0 atom stereocenters. The largest absolute Gasteiger partial charge is 0.550 e. The Morgan fingerprint density at radius 3 is 2.30 bits per heavy atom. The third-order valence-electron chi connectivity index (χ3n) is 5.10. The normalized spacial score (nSPS) is 15.9. The quantitative estimate of drug-likeness (QED) is 0.777. The van der Waals surface area contributed by atoms with Crippen molar-refractivity contribution in [2.24, 2.45) is 5.41 Å². The van der Waals surface area contributed by atoms with Crippen molar-refractivity contribution in [1.29, 1.82) is 0 Å². The summed E-state index contributed by atoms with van der Waals surface area (Å²) in [7, 11) is 0. The standard InChI is InChI=1S/C22H25NO3S/c24-20(15-22(16-21(25)26)13-7-2-8-14-22)23-18-11-5-6-12-19(18)27-17-9-3-1-4-10-17/h1,3-6,9-12H,2,7-8,13-16H2,(H,23,24)(H,25,26)/p-1. The van der Waals surface area contributed by atoms with Crippen LogP contribution in [0.2, 0.25) is 0 Å². The van der Waals surface area contributed by atoms with Crippen LogP contribution >= 0.6 is 11.8 Å². The highest BCUT2D eigenvalue weighted by Gasteiger charge is 2.34. The van der Waals surface area contributed by atoms with Gasteiger partial charge in [0, 0.05) is 22.2 Å². The predicted octanol–water partition coefficient (Wildman–Crippen LogP) is 4.26. The van der Waals surface area contributed by atoms with E-state index in [0.29, 0.717) is 0 Å². The molecular formula is C22H24NO3S-. The van der Waals surface area contributed by atoms with Gasteiger partial charge in [0.2, 0.25) is 5.91 Å². The van der Waals surface area contributed by atoms with Gasteiger partial charge in [-0.3, -0.25) is 4.79 Å². The monoisotopic (exact) mass is 382 g/mol. The first kappa shape index (κ1) is 19.5. The summed E-state index contributed by atoms with van der Waals surface area (Å²) in [5, 5.41) is 14.2. The second-order valence-electron chi connectivity index (χ2n) is 7.25. The molecule has 0 radical (unpaired) electrons. The molecule has 0 aliphatic heterocycles. The van der Waals surface area contributed by atoms with E-state index in [0.717, 1.165) is 47.6 Å². The average Bonchev–Trinajstić information content (AvgIpc) is 2.64. The van der Waals surface area contributed by atoms with Crippen molar-refractivity contribution in [3.8, 4) is 0 Å². The summed E-state index contributed by atoms with van der Waals surface area (Å²) < 4.78 is 0. The fourth-order valence-electron chi connectivity index (χ4n) is 3.83. The third kappa shape index (κ3) is 5.60. The molecule has 0 saturated heterocycles. The van der Waals surface area contributed by atoms with Crippen LogP contribution in [0.4, 0.5) is 5.69 Å². The Balaban J connectivity index is 1.71. The maximum Gasteiger partial charge on any atom is 0.224 e. The minimum atomic E-state index is -1.07. The maximum absolute atomic E-state index is 12.7. The van der Waals surface area contributed by atoms with Crippen LogP contribution in [0.5, 0.6) is 0 Å². The number of benzene rings is 2. The summed E-state index contributed by atoms with van der Waals surface area (Å²) in [6.07, 6.45) is 4.78. The number of carbonyl (C=O) groups excluding carboxylic acids is 2. The van der Waals surface area contributed by atoms with Crippen molar-refractivity contribution >= 4 is 29.3 Å². The van der Waals surface area contributed by atoms with Gasteiger partial charge in [0.05, 0.1) is 5.69 Å². The number of hydrogen-bond acceptors (Lipinski definition) is 4. The summed E-state index contributed by atoms with van der Waals surface area (Å²) in [6, 6.07) is 17.7. The van der Waals surface area contributed by atoms with Crippen LogP contribution in [0.15, 0.2) is 64.4 Å². The van der Waals surface area contributed by atoms with Gasteiger partial charge < -0.3 is 15.2 Å². The second kappa shape index (κ2) is 9.09. The molecule has 27 heavy (non-hydrogen) atoms. The highest BCUT2D eigenvalue weighted by atomic mass is 32.2. The van der Waals surface area contributed by atoms with Crippen LogP contribution < -0.4 is 10.4 Å². The topological polar surface area (TPSA) is 69.2 Å². The summed E-state index contributed by atoms with van der Waals surface area (Å²) in [5.41, 5.74) is 0.290. The van der Waals surface area contributed by atoms with Crippen molar-refractivity contribution in [2.45, 2.75) is 54.7 Å². The molecule has 1 saturated carbocycles. The zero-order valence-electron chi connectivity index (χ0n) is 15.3. The van der Waals surface area contributed by atoms with Crippen LogP contribution in [0.1, 0.15) is 44.9 Å². The fraction of sp³-hybridized carbons (Fsp3) is 0.364. The molecule has 0 heterocycles. The van der Waals surface area contributed by atoms with Crippen molar-refractivity contribution in [3.63, 3.8) is 0 Å². The Kier molecular flexibility index (Phi) is 6.56. The van der Waals surface area contributed by atoms with Gasteiger partial charge in [-0.15, -0.1) is 0 Å². The number of carboxylic acids is 1. The molecule has 0 aromatic heterocycles. The first-order chi connectivity index (χ1) is 13.1. The maximum atomic E-state index is 12.7. The van der Waals surface area contributed by atoms with Crippen LogP contribution in [-0.4, -0.2) is 11.9 Å². The highest BCUT2D eigenvalue weighted by molar-refractivity contribution is 7.99. The zero-order valence-corrected chi connectivity index (χ0v) is 16.1. The minimum Gasteiger partial charge on any atom is -0.550 e. The molecule has 0 unspecified atom stereocenters. The summed E-state index contributed by atoms with van der Waals surface area (Å²) in [5.74, 6) is -1.19. The minimum absolute atomic E-state index is 0.0408. The lowest BCUT2D eigenvalue weighted by Gasteiger charge is -2.37. The molecular weight excluding hydrogens is 358 g/mol. The van der Waals surface area contributed by atoms with E-state index in [1.807, 2.05) is 54.6 Å². The van der Waals surface area contributed by atoms with Crippen molar-refractivity contribution in [1.82, 2.24) is 0 Å². The summed E-state index contributed by atoms with van der Waals surface area (Å²) >= 11 is 1.59. The van der Waals surface area contributed by atoms with Crippen LogP contribution in [0, 0.1) is 5.41 Å². The van der Waals surface area contributed by atoms with Crippen molar-refractivity contribution in [2.75, 3.05) is 5.32 Å². The second-order valence-corrected chi connectivity index (χ2v) is 8.36. The lowest BCUT2D eigenvalue weighted by atomic mass is 9.69. The Labute approximate surface area is 164 Å². The molecule has 1 fully saturated rings. The number of rotatable bonds is 7. The SMILES string of the molecule is O=C([O-])CC1(CC(=O)Nc2ccccc2Sc2ccccc2)CCCCC1. The van der Waals surface area contributed by atoms with Crippen molar-refractivity contribution < 1.29 is 14.7 Å². The zero-order chi connectivity index (χ0) is 19.1. The Bertz CT molecular complexity index is 785. The number of carboxylic acid groups (broad SMARTS) is 1. The van der Waals surface area contributed by atoms with Gasteiger partial charge in [0.15, 0.2) is 0 Å². The van der Waals surface area contributed by atoms with E-state index in [4.69, 9.17) is 0 Å². The Morgan fingerprint density at radius 1 is 0.926 bits per heavy atom. The van der Waals surface area contributed by atoms with Crippen LogP contribution in [0.25, 0.3) is 0 Å². The lowest BCUT2D eigenvalue weighted by molar-refractivity contribution is -0.308. The number of carbonyl (C=O) groups is 2. The van der Waals surface area contributed by atoms with Gasteiger partial charge in [-0.2, -0.15) is 0 Å². The highest BCUT2D eigenvalue weighted by Crippen LogP contribution is 2.42. The van der Waals surface area contributed by atoms with Crippen LogP contribution in [-0.2, 0) is 9.59 Å². The van der Waals surface area contributed by atoms with Crippen molar-refractivity contribution in [3.05, 3.63) is 54.6 Å². The molecule has 3 rings (SSSR count). The molecule has 2 aromatic carbocycles. The number of nitrogens with one attached hydrogen (secondary N) is 1. The number of hydrogen-bond donors (Lipinski definition) is 1. The van der Waals surface area contributed by atoms with E-state index < -0.39 is 11.4 Å². The van der Waals surface area contributed by atoms with Gasteiger partial charge >= 0.3 is 0 Å². The predicted molar refractivity (Wildman–Crippen MR) is 105 cm³/mol. The molecule has 1 aliphatic carbocycles. The van der Waals surface area contributed by atoms with Gasteiger partial charge in [0.25, 0.3) is 0 Å². The van der Waals surface area contributed by atoms with Crippen LogP contribution in [0.3, 0.4) is 0 Å². The molecule has 0 bridgehead atoms. The Hall–Kier alpha value is -2.27. The molecule has 0 spiro atoms. The van der Waals surface area contributed by atoms with E-state index in [1.165, 1.54) is 0 Å². The van der Waals surface area contributed by atoms with Gasteiger partial charge in [-0.25, -0.2) is 0 Å². The molecule has 2 aromatic rings. The van der Waals surface area contributed by atoms with Gasteiger partial charge in [-0.05, 0) is 48.9 Å². The third-order valence-corrected chi connectivity index (χ3v) is 6.19. The number of para-hydroxylation sites is 1. The summed E-state index contributed by atoms with van der Waals surface area (Å²) in [4.78, 5) is 26.0. The van der Waals surface area contributed by atoms with E-state index in [2.05, 4.69) is 5.32 Å². The molecule has 1 N–H and O–H groups in total. The molecule has 142 valence electrons. The molecule has 1 amide bonds. The lowest BCUT2D eigenvalue weighted by Crippen LogP contribution is -2.36. The first-order valence-corrected chi connectivity index (χ1v) is 10.2. The van der Waals surface area contributed by atoms with E-state index in [-0.39, 0.29) is 18.7 Å². The number of amides is 1.